The molecule has 1 aliphatic rings. The van der Waals surface area contributed by atoms with Crippen molar-refractivity contribution < 1.29 is 24.2 Å². The van der Waals surface area contributed by atoms with Crippen LogP contribution in [0.5, 0.6) is 11.5 Å². The van der Waals surface area contributed by atoms with Crippen molar-refractivity contribution in [1.82, 2.24) is 5.32 Å². The van der Waals surface area contributed by atoms with Crippen LogP contribution in [-0.2, 0) is 9.59 Å². The predicted octanol–water partition coefficient (Wildman–Crippen LogP) is 1.97. The molecule has 6 nitrogen and oxygen atoms in total. The van der Waals surface area contributed by atoms with Gasteiger partial charge in [-0.05, 0) is 25.5 Å². The molecule has 2 rings (SSSR count). The molecule has 0 fully saturated rings. The third-order valence-corrected chi connectivity index (χ3v) is 3.56. The van der Waals surface area contributed by atoms with E-state index in [9.17, 15) is 14.7 Å². The number of carboxylic acids is 1. The van der Waals surface area contributed by atoms with E-state index in [1.807, 2.05) is 13.0 Å². The third-order valence-electron chi connectivity index (χ3n) is 3.56. The lowest BCUT2D eigenvalue weighted by molar-refractivity contribution is -0.144. The Bertz CT molecular complexity index is 545. The number of nitrogens with one attached hydrogen (secondary N) is 1. The van der Waals surface area contributed by atoms with Crippen LogP contribution in [0.1, 0.15) is 33.1 Å². The van der Waals surface area contributed by atoms with Crippen LogP contribution in [0.4, 0.5) is 0 Å². The van der Waals surface area contributed by atoms with Gasteiger partial charge in [-0.15, -0.1) is 0 Å². The maximum atomic E-state index is 12.3. The highest BCUT2D eigenvalue weighted by atomic mass is 16.6. The summed E-state index contributed by atoms with van der Waals surface area (Å²) in [6.07, 6.45) is 0.647. The zero-order valence-corrected chi connectivity index (χ0v) is 12.7. The number of carbonyl (C=O) groups is 2. The summed E-state index contributed by atoms with van der Waals surface area (Å²) in [5.41, 5.74) is 0. The minimum Gasteiger partial charge on any atom is -0.482 e. The topological polar surface area (TPSA) is 84.9 Å². The number of hydrogen-bond acceptors (Lipinski definition) is 4. The second kappa shape index (κ2) is 7.15. The van der Waals surface area contributed by atoms with Gasteiger partial charge in [0.15, 0.2) is 11.5 Å². The average Bonchev–Trinajstić information content (AvgIpc) is 2.50. The zero-order chi connectivity index (χ0) is 16.1. The van der Waals surface area contributed by atoms with Gasteiger partial charge in [0.25, 0.3) is 5.91 Å². The van der Waals surface area contributed by atoms with Crippen molar-refractivity contribution in [2.24, 2.45) is 0 Å². The van der Waals surface area contributed by atoms with E-state index in [4.69, 9.17) is 9.47 Å². The first-order chi connectivity index (χ1) is 10.5. The highest BCUT2D eigenvalue weighted by Gasteiger charge is 2.35. The molecule has 6 heteroatoms. The fourth-order valence-electron chi connectivity index (χ4n) is 2.33. The number of amides is 1. The minimum atomic E-state index is -1.04. The summed E-state index contributed by atoms with van der Waals surface area (Å²) in [6, 6.07) is 6.18. The van der Waals surface area contributed by atoms with E-state index in [0.29, 0.717) is 17.9 Å². The van der Waals surface area contributed by atoms with E-state index in [1.165, 1.54) is 0 Å². The molecule has 0 spiro atoms. The van der Waals surface area contributed by atoms with Crippen LogP contribution in [0.3, 0.4) is 0 Å². The molecular formula is C16H21NO5. The van der Waals surface area contributed by atoms with Gasteiger partial charge in [0.05, 0.1) is 0 Å². The summed E-state index contributed by atoms with van der Waals surface area (Å²) < 4.78 is 11.3. The smallest absolute Gasteiger partial charge is 0.326 e. The summed E-state index contributed by atoms with van der Waals surface area (Å²) in [5.74, 6) is -0.432. The van der Waals surface area contributed by atoms with Crippen molar-refractivity contribution in [2.45, 2.75) is 51.4 Å². The molecule has 0 saturated heterocycles. The van der Waals surface area contributed by atoms with E-state index in [1.54, 1.807) is 25.1 Å². The molecular weight excluding hydrogens is 286 g/mol. The molecule has 3 atom stereocenters. The first-order valence-corrected chi connectivity index (χ1v) is 7.48. The van der Waals surface area contributed by atoms with Gasteiger partial charge >= 0.3 is 5.97 Å². The first-order valence-electron chi connectivity index (χ1n) is 7.48. The second-order valence-electron chi connectivity index (χ2n) is 5.35. The van der Waals surface area contributed by atoms with Gasteiger partial charge in [-0.3, -0.25) is 4.79 Å². The quantitative estimate of drug-likeness (QED) is 0.839. The summed E-state index contributed by atoms with van der Waals surface area (Å²) in [6.45, 7) is 3.69. The molecule has 1 amide bonds. The largest absolute Gasteiger partial charge is 0.482 e. The van der Waals surface area contributed by atoms with E-state index in [0.717, 1.165) is 12.8 Å². The van der Waals surface area contributed by atoms with Gasteiger partial charge in [0.2, 0.25) is 6.10 Å². The SMILES string of the molecule is CCCCC(NC(=O)C1Oc2ccccc2OC1C)C(=O)O. The van der Waals surface area contributed by atoms with Crippen molar-refractivity contribution in [1.29, 1.82) is 0 Å². The molecule has 1 aromatic rings. The van der Waals surface area contributed by atoms with Crippen LogP contribution >= 0.6 is 0 Å². The normalized spacial score (nSPS) is 21.0. The number of benzene rings is 1. The van der Waals surface area contributed by atoms with E-state index in [2.05, 4.69) is 5.32 Å². The maximum Gasteiger partial charge on any atom is 0.326 e. The molecule has 2 N–H and O–H groups in total. The van der Waals surface area contributed by atoms with Gasteiger partial charge in [-0.25, -0.2) is 4.79 Å². The summed E-state index contributed by atoms with van der Waals surface area (Å²) in [4.78, 5) is 23.5. The number of para-hydroxylation sites is 2. The summed E-state index contributed by atoms with van der Waals surface area (Å²) in [5, 5.41) is 11.7. The lowest BCUT2D eigenvalue weighted by atomic mass is 10.1. The minimum absolute atomic E-state index is 0.399. The fourth-order valence-corrected chi connectivity index (χ4v) is 2.33. The van der Waals surface area contributed by atoms with Crippen LogP contribution in [0.15, 0.2) is 24.3 Å². The highest BCUT2D eigenvalue weighted by molar-refractivity contribution is 5.87. The first kappa shape index (κ1) is 16.1. The molecule has 120 valence electrons. The monoisotopic (exact) mass is 307 g/mol. The predicted molar refractivity (Wildman–Crippen MR) is 80.0 cm³/mol. The van der Waals surface area contributed by atoms with E-state index < -0.39 is 30.1 Å². The van der Waals surface area contributed by atoms with E-state index in [-0.39, 0.29) is 0 Å². The van der Waals surface area contributed by atoms with Crippen molar-refractivity contribution in [3.63, 3.8) is 0 Å². The Kier molecular flexibility index (Phi) is 5.25. The number of fused-ring (bicyclic) bond motifs is 1. The molecule has 0 aromatic heterocycles. The lowest BCUT2D eigenvalue weighted by Gasteiger charge is -2.31. The third kappa shape index (κ3) is 3.69. The lowest BCUT2D eigenvalue weighted by Crippen LogP contribution is -2.53. The Labute approximate surface area is 129 Å². The molecule has 3 unspecified atom stereocenters. The Morgan fingerprint density at radius 3 is 2.50 bits per heavy atom. The van der Waals surface area contributed by atoms with Gasteiger partial charge < -0.3 is 19.9 Å². The molecule has 0 bridgehead atoms. The Hall–Kier alpha value is -2.24. The zero-order valence-electron chi connectivity index (χ0n) is 12.7. The van der Waals surface area contributed by atoms with Crippen LogP contribution in [0.25, 0.3) is 0 Å². The molecule has 1 aliphatic heterocycles. The van der Waals surface area contributed by atoms with Crippen molar-refractivity contribution in [2.75, 3.05) is 0 Å². The van der Waals surface area contributed by atoms with Gasteiger partial charge in [-0.2, -0.15) is 0 Å². The van der Waals surface area contributed by atoms with Gasteiger partial charge in [0.1, 0.15) is 12.1 Å². The van der Waals surface area contributed by atoms with Crippen LogP contribution in [0, 0.1) is 0 Å². The van der Waals surface area contributed by atoms with Crippen molar-refractivity contribution in [3.05, 3.63) is 24.3 Å². The highest BCUT2D eigenvalue weighted by Crippen LogP contribution is 2.33. The standard InChI is InChI=1S/C16H21NO5/c1-3-4-7-11(16(19)20)17-15(18)14-10(2)21-12-8-5-6-9-13(12)22-14/h5-6,8-11,14H,3-4,7H2,1-2H3,(H,17,18)(H,19,20). The Balaban J connectivity index is 2.04. The average molecular weight is 307 g/mol. The number of rotatable bonds is 6. The molecule has 22 heavy (non-hydrogen) atoms. The molecule has 1 heterocycles. The van der Waals surface area contributed by atoms with Crippen LogP contribution < -0.4 is 14.8 Å². The van der Waals surface area contributed by atoms with Crippen molar-refractivity contribution >= 4 is 11.9 Å². The van der Waals surface area contributed by atoms with Crippen LogP contribution in [-0.4, -0.2) is 35.2 Å². The second-order valence-corrected chi connectivity index (χ2v) is 5.35. The summed E-state index contributed by atoms with van der Waals surface area (Å²) >= 11 is 0. The molecule has 0 radical (unpaired) electrons. The Morgan fingerprint density at radius 2 is 1.91 bits per heavy atom. The summed E-state index contributed by atoms with van der Waals surface area (Å²) in [7, 11) is 0. The number of unbranched alkanes of at least 4 members (excludes halogenated alkanes) is 1. The number of carbonyl (C=O) groups excluding carboxylic acids is 1. The fraction of sp³-hybridized carbons (Fsp3) is 0.500. The van der Waals surface area contributed by atoms with Crippen molar-refractivity contribution in [3.8, 4) is 11.5 Å². The number of aliphatic carboxylic acids is 1. The number of hydrogen-bond donors (Lipinski definition) is 2. The van der Waals surface area contributed by atoms with Gasteiger partial charge in [0, 0.05) is 0 Å². The maximum absolute atomic E-state index is 12.3. The molecule has 1 aromatic carbocycles. The number of carboxylic acid groups (broad SMARTS) is 1. The molecule has 0 saturated carbocycles. The van der Waals surface area contributed by atoms with Gasteiger partial charge in [-0.1, -0.05) is 31.9 Å². The number of ether oxygens (including phenoxy) is 2. The van der Waals surface area contributed by atoms with E-state index >= 15 is 0 Å². The van der Waals surface area contributed by atoms with Crippen LogP contribution in [0.2, 0.25) is 0 Å². The Morgan fingerprint density at radius 1 is 1.27 bits per heavy atom. The molecule has 0 aliphatic carbocycles.